The number of carbonyl (C=O) groups excluding carboxylic acids is 3. The number of esters is 2. The molecule has 1 aliphatic rings. The minimum atomic E-state index is -0.343. The molecule has 1 unspecified atom stereocenters. The highest BCUT2D eigenvalue weighted by atomic mass is 35.5. The molecule has 2 heterocycles. The molecule has 1 aromatic heterocycles. The molecule has 1 N–H and O–H groups in total. The van der Waals surface area contributed by atoms with E-state index < -0.39 is 0 Å². The molecule has 0 fully saturated rings. The summed E-state index contributed by atoms with van der Waals surface area (Å²) >= 11 is 1.49. The van der Waals surface area contributed by atoms with Crippen molar-refractivity contribution in [2.24, 2.45) is 0 Å². The summed E-state index contributed by atoms with van der Waals surface area (Å²) in [6, 6.07) is 13.4. The lowest BCUT2D eigenvalue weighted by molar-refractivity contribution is -0.148. The van der Waals surface area contributed by atoms with Crippen LogP contribution in [-0.2, 0) is 25.8 Å². The summed E-state index contributed by atoms with van der Waals surface area (Å²) < 4.78 is 12.6. The van der Waals surface area contributed by atoms with Gasteiger partial charge in [-0.1, -0.05) is 100 Å². The summed E-state index contributed by atoms with van der Waals surface area (Å²) in [5, 5.41) is 8.44. The highest BCUT2D eigenvalue weighted by molar-refractivity contribution is 7.99. The number of amides is 1. The average molecular weight is 709 g/mol. The van der Waals surface area contributed by atoms with Crippen molar-refractivity contribution in [3.63, 3.8) is 0 Å². The van der Waals surface area contributed by atoms with Gasteiger partial charge in [-0.15, -0.1) is 12.4 Å². The zero-order valence-electron chi connectivity index (χ0n) is 28.8. The van der Waals surface area contributed by atoms with Gasteiger partial charge in [-0.25, -0.2) is 4.68 Å². The van der Waals surface area contributed by atoms with Gasteiger partial charge in [-0.05, 0) is 48.9 Å². The Morgan fingerprint density at radius 1 is 0.939 bits per heavy atom. The minimum Gasteiger partial charge on any atom is -0.444 e. The number of halogens is 1. The second kappa shape index (κ2) is 21.1. The highest BCUT2D eigenvalue weighted by Gasteiger charge is 2.17. The van der Waals surface area contributed by atoms with Crippen molar-refractivity contribution in [3.8, 4) is 0 Å². The Labute approximate surface area is 300 Å². The molecule has 0 radical (unpaired) electrons. The van der Waals surface area contributed by atoms with E-state index in [-0.39, 0.29) is 49.8 Å². The molecule has 0 bridgehead atoms. The fourth-order valence-electron chi connectivity index (χ4n) is 5.46. The molecule has 0 saturated carbocycles. The van der Waals surface area contributed by atoms with Crippen LogP contribution in [0.15, 0.2) is 82.8 Å². The van der Waals surface area contributed by atoms with E-state index in [0.29, 0.717) is 12.0 Å². The molecule has 4 rings (SSSR count). The molecule has 264 valence electrons. The van der Waals surface area contributed by atoms with Crippen molar-refractivity contribution < 1.29 is 23.9 Å². The first kappa shape index (κ1) is 39.4. The minimum absolute atomic E-state index is 0. The van der Waals surface area contributed by atoms with Crippen molar-refractivity contribution in [1.82, 2.24) is 20.0 Å². The average Bonchev–Trinajstić information content (AvgIpc) is 3.44. The Bertz CT molecular complexity index is 1620. The van der Waals surface area contributed by atoms with Gasteiger partial charge in [0.15, 0.2) is 13.5 Å². The Kier molecular flexibility index (Phi) is 17.0. The summed E-state index contributed by atoms with van der Waals surface area (Å²) in [6.07, 6.45) is 22.7. The van der Waals surface area contributed by atoms with Crippen LogP contribution in [0, 0.1) is 0 Å². The number of fused-ring (bicyclic) bond motifs is 1. The predicted octanol–water partition coefficient (Wildman–Crippen LogP) is 8.68. The Morgan fingerprint density at radius 3 is 2.41 bits per heavy atom. The van der Waals surface area contributed by atoms with Gasteiger partial charge in [0.2, 0.25) is 0 Å². The van der Waals surface area contributed by atoms with Gasteiger partial charge in [-0.3, -0.25) is 14.4 Å². The number of nitrogens with one attached hydrogen (secondary N) is 1. The standard InChI is InChI=1S/C38H48N4O5S.ClH/c1-4-5-6-7-8-9-10-11-12-20-37(44)47-28-42-35-26-31(48-36-19-14-13-18-33(36)38(45)39-3)22-23-32(35)34(40-42)24-21-30-17-15-16-25-41(30)27-46-29(2)43;/h13-19,21-26,30H,4-12,20,27-28H2,1-3H3,(H,39,45);1H/b24-21+;. The highest BCUT2D eigenvalue weighted by Crippen LogP contribution is 2.33. The molecule has 1 aliphatic heterocycles. The zero-order valence-corrected chi connectivity index (χ0v) is 30.4. The van der Waals surface area contributed by atoms with E-state index in [9.17, 15) is 14.4 Å². The SMILES string of the molecule is CCCCCCCCCCCC(=O)OCn1nc(/C=C/C2C=CC=CN2COC(C)=O)c2ccc(Sc3ccccc3C(=O)NC)cc21.Cl. The number of rotatable bonds is 19. The van der Waals surface area contributed by atoms with Gasteiger partial charge in [0.25, 0.3) is 5.91 Å². The third-order valence-electron chi connectivity index (χ3n) is 8.12. The monoisotopic (exact) mass is 708 g/mol. The lowest BCUT2D eigenvalue weighted by atomic mass is 10.1. The van der Waals surface area contributed by atoms with Gasteiger partial charge in [-0.2, -0.15) is 5.10 Å². The molecule has 1 amide bonds. The van der Waals surface area contributed by atoms with Crippen molar-refractivity contribution >= 4 is 59.0 Å². The maximum absolute atomic E-state index is 12.7. The second-order valence-corrected chi connectivity index (χ2v) is 12.9. The van der Waals surface area contributed by atoms with Crippen LogP contribution < -0.4 is 5.32 Å². The number of benzene rings is 2. The third-order valence-corrected chi connectivity index (χ3v) is 9.18. The predicted molar refractivity (Wildman–Crippen MR) is 198 cm³/mol. The van der Waals surface area contributed by atoms with Crippen LogP contribution in [-0.4, -0.2) is 52.3 Å². The molecule has 9 nitrogen and oxygen atoms in total. The number of hydrogen-bond donors (Lipinski definition) is 1. The molecule has 3 aromatic rings. The van der Waals surface area contributed by atoms with E-state index in [0.717, 1.165) is 45.7 Å². The van der Waals surface area contributed by atoms with E-state index in [4.69, 9.17) is 14.6 Å². The van der Waals surface area contributed by atoms with Crippen LogP contribution in [0.25, 0.3) is 17.0 Å². The molecule has 0 aliphatic carbocycles. The van der Waals surface area contributed by atoms with Gasteiger partial charge in [0, 0.05) is 41.8 Å². The van der Waals surface area contributed by atoms with Crippen LogP contribution in [0.3, 0.4) is 0 Å². The molecular weight excluding hydrogens is 660 g/mol. The first-order valence-electron chi connectivity index (χ1n) is 17.0. The molecule has 2 aromatic carbocycles. The lowest BCUT2D eigenvalue weighted by Crippen LogP contribution is -2.31. The van der Waals surface area contributed by atoms with Crippen LogP contribution in [0.2, 0.25) is 0 Å². The summed E-state index contributed by atoms with van der Waals surface area (Å²) in [4.78, 5) is 40.3. The number of ether oxygens (including phenoxy) is 2. The quantitative estimate of drug-likeness (QED) is 0.0975. The van der Waals surface area contributed by atoms with Crippen LogP contribution in [0.4, 0.5) is 0 Å². The fourth-order valence-corrected chi connectivity index (χ4v) is 6.44. The Morgan fingerprint density at radius 2 is 1.67 bits per heavy atom. The molecule has 1 atom stereocenters. The maximum atomic E-state index is 12.7. The van der Waals surface area contributed by atoms with Crippen LogP contribution >= 0.6 is 24.2 Å². The summed E-state index contributed by atoms with van der Waals surface area (Å²) in [7, 11) is 1.62. The molecule has 49 heavy (non-hydrogen) atoms. The lowest BCUT2D eigenvalue weighted by Gasteiger charge is -2.27. The van der Waals surface area contributed by atoms with E-state index in [1.165, 1.54) is 57.2 Å². The van der Waals surface area contributed by atoms with E-state index in [2.05, 4.69) is 12.2 Å². The molecule has 0 saturated heterocycles. The number of hydrogen-bond acceptors (Lipinski definition) is 8. The number of allylic oxidation sites excluding steroid dienone is 2. The van der Waals surface area contributed by atoms with Crippen molar-refractivity contribution in [2.45, 2.75) is 101 Å². The van der Waals surface area contributed by atoms with Gasteiger partial charge in [0.05, 0.1) is 22.8 Å². The van der Waals surface area contributed by atoms with Crippen LogP contribution in [0.1, 0.15) is 94.1 Å². The third kappa shape index (κ3) is 12.4. The molecule has 11 heteroatoms. The van der Waals surface area contributed by atoms with Crippen molar-refractivity contribution in [1.29, 1.82) is 0 Å². The Hall–Kier alpha value is -4.02. The van der Waals surface area contributed by atoms with E-state index >= 15 is 0 Å². The van der Waals surface area contributed by atoms with Gasteiger partial charge >= 0.3 is 11.9 Å². The number of aromatic nitrogens is 2. The summed E-state index contributed by atoms with van der Waals surface area (Å²) in [5.41, 5.74) is 2.13. The largest absolute Gasteiger partial charge is 0.444 e. The number of carbonyl (C=O) groups is 3. The van der Waals surface area contributed by atoms with E-state index in [1.807, 2.05) is 77.9 Å². The number of nitrogens with zero attached hydrogens (tertiary/aromatic N) is 3. The fraction of sp³-hybridized carbons (Fsp3) is 0.421. The smallest absolute Gasteiger partial charge is 0.307 e. The summed E-state index contributed by atoms with van der Waals surface area (Å²) in [6.45, 7) is 3.75. The normalized spacial score (nSPS) is 13.9. The van der Waals surface area contributed by atoms with Crippen molar-refractivity contribution in [2.75, 3.05) is 13.8 Å². The first-order chi connectivity index (χ1) is 23.4. The molecule has 0 spiro atoms. The molecular formula is C38H49ClN4O5S. The van der Waals surface area contributed by atoms with Crippen molar-refractivity contribution in [3.05, 3.63) is 84.2 Å². The second-order valence-electron chi connectivity index (χ2n) is 11.8. The Balaban J connectivity index is 0.00000650. The van der Waals surface area contributed by atoms with Gasteiger partial charge in [0.1, 0.15) is 0 Å². The van der Waals surface area contributed by atoms with Gasteiger partial charge < -0.3 is 19.7 Å². The van der Waals surface area contributed by atoms with E-state index in [1.54, 1.807) is 17.8 Å². The summed E-state index contributed by atoms with van der Waals surface area (Å²) in [5.74, 6) is -0.724. The maximum Gasteiger partial charge on any atom is 0.307 e. The number of unbranched alkanes of at least 4 members (excludes halogenated alkanes) is 8. The topological polar surface area (TPSA) is 103 Å². The zero-order chi connectivity index (χ0) is 34.1. The first-order valence-corrected chi connectivity index (χ1v) is 17.8. The van der Waals surface area contributed by atoms with Crippen LogP contribution in [0.5, 0.6) is 0 Å².